The molecule has 56 valence electrons. The summed E-state index contributed by atoms with van der Waals surface area (Å²) >= 11 is 0. The zero-order valence-corrected chi connectivity index (χ0v) is 6.67. The molecule has 0 saturated heterocycles. The molecule has 0 aromatic rings. The topological polar surface area (TPSA) is 15.6 Å². The molecule has 0 saturated carbocycles. The van der Waals surface area contributed by atoms with Gasteiger partial charge in [0.2, 0.25) is 0 Å². The molecule has 0 atom stereocenters. The third kappa shape index (κ3) is 1.59. The summed E-state index contributed by atoms with van der Waals surface area (Å²) in [4.78, 5) is 0. The van der Waals surface area contributed by atoms with Gasteiger partial charge in [-0.2, -0.15) is 5.10 Å². The average molecular weight is 138 g/mol. The highest BCUT2D eigenvalue weighted by Gasteiger charge is 2.00. The van der Waals surface area contributed by atoms with Crippen LogP contribution in [0.4, 0.5) is 0 Å². The first-order valence-corrected chi connectivity index (χ1v) is 3.85. The number of hydrogen-bond acceptors (Lipinski definition) is 2. The van der Waals surface area contributed by atoms with Crippen LogP contribution in [0.25, 0.3) is 0 Å². The van der Waals surface area contributed by atoms with Gasteiger partial charge < -0.3 is 0 Å². The van der Waals surface area contributed by atoms with Gasteiger partial charge in [0.15, 0.2) is 0 Å². The Balaban J connectivity index is 2.54. The minimum absolute atomic E-state index is 0.972. The van der Waals surface area contributed by atoms with E-state index in [4.69, 9.17) is 0 Å². The maximum atomic E-state index is 4.18. The third-order valence-corrected chi connectivity index (χ3v) is 1.69. The largest absolute Gasteiger partial charge is 0.273 e. The van der Waals surface area contributed by atoms with E-state index in [-0.39, 0.29) is 0 Å². The molecule has 2 nitrogen and oxygen atoms in total. The number of allylic oxidation sites excluding steroid dienone is 1. The van der Waals surface area contributed by atoms with Gasteiger partial charge in [-0.25, -0.2) is 0 Å². The Hall–Kier alpha value is -0.790. The Morgan fingerprint density at radius 3 is 3.00 bits per heavy atom. The molecule has 0 unspecified atom stereocenters. The highest BCUT2D eigenvalue weighted by Crippen LogP contribution is 2.10. The van der Waals surface area contributed by atoms with Crippen LogP contribution in [0.3, 0.4) is 0 Å². The van der Waals surface area contributed by atoms with Gasteiger partial charge in [-0.05, 0) is 18.9 Å². The summed E-state index contributed by atoms with van der Waals surface area (Å²) in [6, 6.07) is 0. The van der Waals surface area contributed by atoms with Gasteiger partial charge in [0.25, 0.3) is 0 Å². The summed E-state index contributed by atoms with van der Waals surface area (Å²) in [5, 5.41) is 6.15. The quantitative estimate of drug-likeness (QED) is 0.569. The van der Waals surface area contributed by atoms with Gasteiger partial charge in [0.1, 0.15) is 0 Å². The molecule has 0 spiro atoms. The first-order chi connectivity index (χ1) is 4.86. The second-order valence-electron chi connectivity index (χ2n) is 2.40. The van der Waals surface area contributed by atoms with Crippen LogP contribution >= 0.6 is 0 Å². The van der Waals surface area contributed by atoms with Crippen LogP contribution < -0.4 is 0 Å². The van der Waals surface area contributed by atoms with Gasteiger partial charge in [-0.1, -0.05) is 6.92 Å². The van der Waals surface area contributed by atoms with E-state index in [0.29, 0.717) is 0 Å². The second kappa shape index (κ2) is 3.40. The molecule has 1 aliphatic rings. The lowest BCUT2D eigenvalue weighted by Gasteiger charge is -2.17. The summed E-state index contributed by atoms with van der Waals surface area (Å²) in [6.45, 7) is 5.26. The van der Waals surface area contributed by atoms with Gasteiger partial charge in [-0.3, -0.25) is 5.01 Å². The van der Waals surface area contributed by atoms with Crippen LogP contribution in [0.1, 0.15) is 26.7 Å². The van der Waals surface area contributed by atoms with Crippen molar-refractivity contribution in [2.45, 2.75) is 26.7 Å². The molecule has 0 radical (unpaired) electrons. The molecule has 1 heterocycles. The predicted molar refractivity (Wildman–Crippen MR) is 43.9 cm³/mol. The molecule has 10 heavy (non-hydrogen) atoms. The normalized spacial score (nSPS) is 17.4. The van der Waals surface area contributed by atoms with E-state index >= 15 is 0 Å². The lowest BCUT2D eigenvalue weighted by Crippen LogP contribution is -2.13. The SMILES string of the molecule is CCC1=CN(CC)N=CC1. The fourth-order valence-corrected chi connectivity index (χ4v) is 0.968. The van der Waals surface area contributed by atoms with Gasteiger partial charge in [0, 0.05) is 25.4 Å². The highest BCUT2D eigenvalue weighted by atomic mass is 15.4. The third-order valence-electron chi connectivity index (χ3n) is 1.69. The van der Waals surface area contributed by atoms with Gasteiger partial charge in [-0.15, -0.1) is 0 Å². The van der Waals surface area contributed by atoms with Gasteiger partial charge >= 0.3 is 0 Å². The molecule has 2 heteroatoms. The van der Waals surface area contributed by atoms with Crippen molar-refractivity contribution < 1.29 is 0 Å². The van der Waals surface area contributed by atoms with Crippen LogP contribution in [-0.4, -0.2) is 17.8 Å². The summed E-state index contributed by atoms with van der Waals surface area (Å²) < 4.78 is 0. The molecule has 0 bridgehead atoms. The van der Waals surface area contributed by atoms with Crippen molar-refractivity contribution in [1.82, 2.24) is 5.01 Å². The van der Waals surface area contributed by atoms with Crippen molar-refractivity contribution in [1.29, 1.82) is 0 Å². The maximum Gasteiger partial charge on any atom is 0.0380 e. The van der Waals surface area contributed by atoms with E-state index < -0.39 is 0 Å². The van der Waals surface area contributed by atoms with Crippen LogP contribution in [0, 0.1) is 0 Å². The summed E-state index contributed by atoms with van der Waals surface area (Å²) in [5.74, 6) is 0. The Kier molecular flexibility index (Phi) is 2.49. The van der Waals surface area contributed by atoms with E-state index in [9.17, 15) is 0 Å². The lowest BCUT2D eigenvalue weighted by molar-refractivity contribution is 0.412. The van der Waals surface area contributed by atoms with Crippen LogP contribution in [0.2, 0.25) is 0 Å². The monoisotopic (exact) mass is 138 g/mol. The smallest absolute Gasteiger partial charge is 0.0380 e. The highest BCUT2D eigenvalue weighted by molar-refractivity contribution is 5.61. The van der Waals surface area contributed by atoms with Crippen molar-refractivity contribution >= 4 is 6.21 Å². The zero-order chi connectivity index (χ0) is 7.40. The van der Waals surface area contributed by atoms with E-state index in [2.05, 4.69) is 25.1 Å². The molecule has 1 aliphatic heterocycles. The Bertz CT molecular complexity index is 159. The van der Waals surface area contributed by atoms with Crippen molar-refractivity contribution in [2.24, 2.45) is 5.10 Å². The van der Waals surface area contributed by atoms with Gasteiger partial charge in [0.05, 0.1) is 0 Å². The summed E-state index contributed by atoms with van der Waals surface area (Å²) in [7, 11) is 0. The van der Waals surface area contributed by atoms with Crippen LogP contribution in [0.5, 0.6) is 0 Å². The standard InChI is InChI=1S/C8H14N2/c1-3-8-5-6-9-10(4-2)7-8/h6-7H,3-5H2,1-2H3. The predicted octanol–water partition coefficient (Wildman–Crippen LogP) is 1.99. The summed E-state index contributed by atoms with van der Waals surface area (Å²) in [6.07, 6.45) is 6.29. The lowest BCUT2D eigenvalue weighted by atomic mass is 10.1. The molecule has 0 aromatic carbocycles. The Morgan fingerprint density at radius 1 is 1.60 bits per heavy atom. The molecule has 1 rings (SSSR count). The fraction of sp³-hybridized carbons (Fsp3) is 0.625. The first-order valence-electron chi connectivity index (χ1n) is 3.85. The summed E-state index contributed by atoms with van der Waals surface area (Å²) in [5.41, 5.74) is 1.47. The molecule has 0 amide bonds. The van der Waals surface area contributed by atoms with E-state index in [1.807, 2.05) is 11.2 Å². The van der Waals surface area contributed by atoms with E-state index in [0.717, 1.165) is 19.4 Å². The van der Waals surface area contributed by atoms with Crippen molar-refractivity contribution in [3.8, 4) is 0 Å². The molecule has 0 aromatic heterocycles. The first kappa shape index (κ1) is 7.32. The number of nitrogens with zero attached hydrogens (tertiary/aromatic N) is 2. The number of hydrogen-bond donors (Lipinski definition) is 0. The van der Waals surface area contributed by atoms with Crippen LogP contribution in [-0.2, 0) is 0 Å². The minimum atomic E-state index is 0.972. The number of hydrazone groups is 1. The average Bonchev–Trinajstić information content (AvgIpc) is 2.05. The fourth-order valence-electron chi connectivity index (χ4n) is 0.968. The molecule has 0 N–H and O–H groups in total. The molecular weight excluding hydrogens is 124 g/mol. The van der Waals surface area contributed by atoms with E-state index in [1.54, 1.807) is 0 Å². The van der Waals surface area contributed by atoms with Crippen LogP contribution in [0.15, 0.2) is 16.9 Å². The zero-order valence-electron chi connectivity index (χ0n) is 6.67. The van der Waals surface area contributed by atoms with E-state index in [1.165, 1.54) is 5.57 Å². The van der Waals surface area contributed by atoms with Crippen molar-refractivity contribution in [2.75, 3.05) is 6.54 Å². The molecule has 0 fully saturated rings. The van der Waals surface area contributed by atoms with Crippen molar-refractivity contribution in [3.05, 3.63) is 11.8 Å². The minimum Gasteiger partial charge on any atom is -0.273 e. The van der Waals surface area contributed by atoms with Crippen molar-refractivity contribution in [3.63, 3.8) is 0 Å². The molecule has 0 aliphatic carbocycles. The maximum absolute atomic E-state index is 4.18. The Morgan fingerprint density at radius 2 is 2.40 bits per heavy atom. The number of rotatable bonds is 2. The second-order valence-corrected chi connectivity index (χ2v) is 2.40. The Labute approximate surface area is 62.2 Å². The molecular formula is C8H14N2.